The van der Waals surface area contributed by atoms with Crippen LogP contribution in [-0.2, 0) is 0 Å². The van der Waals surface area contributed by atoms with Gasteiger partial charge in [-0.2, -0.15) is 4.37 Å². The van der Waals surface area contributed by atoms with Gasteiger partial charge < -0.3 is 15.1 Å². The van der Waals surface area contributed by atoms with Gasteiger partial charge >= 0.3 is 6.03 Å². The van der Waals surface area contributed by atoms with Gasteiger partial charge in [0.25, 0.3) is 0 Å². The number of carbonyl (C=O) groups excluding carboxylic acids is 1. The Morgan fingerprint density at radius 1 is 1.29 bits per heavy atom. The predicted octanol–water partition coefficient (Wildman–Crippen LogP) is 1.87. The summed E-state index contributed by atoms with van der Waals surface area (Å²) in [4.78, 5) is 20.8. The van der Waals surface area contributed by atoms with Gasteiger partial charge in [0, 0.05) is 44.3 Å². The Kier molecular flexibility index (Phi) is 4.57. The van der Waals surface area contributed by atoms with E-state index >= 15 is 0 Å². The van der Waals surface area contributed by atoms with Crippen molar-refractivity contribution in [2.45, 2.75) is 32.6 Å². The van der Waals surface area contributed by atoms with E-state index in [1.165, 1.54) is 30.8 Å². The van der Waals surface area contributed by atoms with Crippen LogP contribution in [0.3, 0.4) is 0 Å². The van der Waals surface area contributed by atoms with Crippen molar-refractivity contribution < 1.29 is 4.79 Å². The maximum atomic E-state index is 12.2. The van der Waals surface area contributed by atoms with Crippen LogP contribution >= 0.6 is 11.5 Å². The molecule has 1 saturated carbocycles. The predicted molar refractivity (Wildman–Crippen MR) is 83.8 cm³/mol. The Balaban J connectivity index is 1.49. The number of amides is 2. The topological polar surface area (TPSA) is 61.4 Å². The molecule has 116 valence electrons. The molecular weight excluding hydrogens is 286 g/mol. The summed E-state index contributed by atoms with van der Waals surface area (Å²) in [6.07, 6.45) is 4.84. The number of hydrogen-bond acceptors (Lipinski definition) is 5. The molecule has 7 heteroatoms. The average molecular weight is 309 g/mol. The molecule has 1 aromatic rings. The Morgan fingerprint density at radius 3 is 2.81 bits per heavy atom. The van der Waals surface area contributed by atoms with E-state index in [0.717, 1.165) is 50.1 Å². The molecule has 0 spiro atoms. The molecule has 1 N–H and O–H groups in total. The van der Waals surface area contributed by atoms with Crippen LogP contribution < -0.4 is 10.2 Å². The molecule has 1 aliphatic carbocycles. The molecule has 2 fully saturated rings. The number of aryl methyl sites for hydroxylation is 1. The van der Waals surface area contributed by atoms with E-state index in [9.17, 15) is 4.79 Å². The first-order chi connectivity index (χ1) is 10.2. The number of nitrogens with one attached hydrogen (secondary N) is 1. The zero-order valence-electron chi connectivity index (χ0n) is 12.5. The first-order valence-electron chi connectivity index (χ1n) is 7.80. The van der Waals surface area contributed by atoms with Gasteiger partial charge in [0.05, 0.1) is 0 Å². The summed E-state index contributed by atoms with van der Waals surface area (Å²) >= 11 is 1.45. The van der Waals surface area contributed by atoms with Crippen molar-refractivity contribution in [1.29, 1.82) is 0 Å². The van der Waals surface area contributed by atoms with Crippen LogP contribution in [0.15, 0.2) is 0 Å². The summed E-state index contributed by atoms with van der Waals surface area (Å²) < 4.78 is 4.24. The molecule has 1 saturated heterocycles. The van der Waals surface area contributed by atoms with Gasteiger partial charge in [-0.1, -0.05) is 6.42 Å². The monoisotopic (exact) mass is 309 g/mol. The van der Waals surface area contributed by atoms with Gasteiger partial charge in [-0.25, -0.2) is 9.78 Å². The number of anilines is 1. The highest BCUT2D eigenvalue weighted by Gasteiger charge is 2.23. The van der Waals surface area contributed by atoms with Gasteiger partial charge in [-0.15, -0.1) is 0 Å². The molecule has 2 heterocycles. The zero-order valence-corrected chi connectivity index (χ0v) is 13.4. The van der Waals surface area contributed by atoms with Crippen LogP contribution in [0.2, 0.25) is 0 Å². The van der Waals surface area contributed by atoms with E-state index in [1.807, 2.05) is 11.8 Å². The molecule has 2 amide bonds. The van der Waals surface area contributed by atoms with Crippen molar-refractivity contribution in [3.8, 4) is 0 Å². The van der Waals surface area contributed by atoms with Crippen molar-refractivity contribution >= 4 is 22.7 Å². The molecule has 0 radical (unpaired) electrons. The zero-order chi connectivity index (χ0) is 14.7. The average Bonchev–Trinajstić information content (AvgIpc) is 2.71. The van der Waals surface area contributed by atoms with Crippen molar-refractivity contribution in [1.82, 2.24) is 19.6 Å². The van der Waals surface area contributed by atoms with E-state index in [4.69, 9.17) is 0 Å². The number of urea groups is 1. The highest BCUT2D eigenvalue weighted by molar-refractivity contribution is 7.09. The Labute approximate surface area is 129 Å². The summed E-state index contributed by atoms with van der Waals surface area (Å²) in [6.45, 7) is 6.12. The van der Waals surface area contributed by atoms with Gasteiger partial charge in [-0.3, -0.25) is 0 Å². The minimum Gasteiger partial charge on any atom is -0.345 e. The largest absolute Gasteiger partial charge is 0.345 e. The van der Waals surface area contributed by atoms with Crippen molar-refractivity contribution in [2.24, 2.45) is 5.92 Å². The summed E-state index contributed by atoms with van der Waals surface area (Å²) in [5.41, 5.74) is 0. The fourth-order valence-electron chi connectivity index (χ4n) is 2.77. The van der Waals surface area contributed by atoms with Gasteiger partial charge in [-0.05, 0) is 32.1 Å². The second-order valence-corrected chi connectivity index (χ2v) is 6.67. The van der Waals surface area contributed by atoms with E-state index in [1.54, 1.807) is 0 Å². The molecule has 0 aromatic carbocycles. The summed E-state index contributed by atoms with van der Waals surface area (Å²) in [5, 5.41) is 4.06. The maximum absolute atomic E-state index is 12.2. The second-order valence-electron chi connectivity index (χ2n) is 5.93. The quantitative estimate of drug-likeness (QED) is 0.926. The second kappa shape index (κ2) is 6.60. The maximum Gasteiger partial charge on any atom is 0.317 e. The highest BCUT2D eigenvalue weighted by atomic mass is 32.1. The first-order valence-corrected chi connectivity index (χ1v) is 8.58. The minimum absolute atomic E-state index is 0.0946. The number of nitrogens with zero attached hydrogens (tertiary/aromatic N) is 4. The van der Waals surface area contributed by atoms with Gasteiger partial charge in [0.2, 0.25) is 5.13 Å². The van der Waals surface area contributed by atoms with Crippen molar-refractivity contribution in [2.75, 3.05) is 37.6 Å². The summed E-state index contributed by atoms with van der Waals surface area (Å²) in [7, 11) is 0. The normalized spacial score (nSPS) is 20.0. The molecule has 0 unspecified atom stereocenters. The van der Waals surface area contributed by atoms with Crippen LogP contribution in [-0.4, -0.2) is 53.0 Å². The molecule has 1 aliphatic heterocycles. The number of rotatable bonds is 3. The highest BCUT2D eigenvalue weighted by Crippen LogP contribution is 2.25. The lowest BCUT2D eigenvalue weighted by Crippen LogP contribution is -2.44. The number of carbonyl (C=O) groups is 1. The molecule has 21 heavy (non-hydrogen) atoms. The fraction of sp³-hybridized carbons (Fsp3) is 0.786. The fourth-order valence-corrected chi connectivity index (χ4v) is 3.49. The number of hydrogen-bond donors (Lipinski definition) is 1. The molecular formula is C14H23N5OS. The van der Waals surface area contributed by atoms with Gasteiger partial charge in [0.1, 0.15) is 5.82 Å². The van der Waals surface area contributed by atoms with Crippen molar-refractivity contribution in [3.05, 3.63) is 5.82 Å². The van der Waals surface area contributed by atoms with Crippen LogP contribution in [0.25, 0.3) is 0 Å². The molecule has 3 rings (SSSR count). The first kappa shape index (κ1) is 14.6. The van der Waals surface area contributed by atoms with Crippen LogP contribution in [0.4, 0.5) is 9.93 Å². The van der Waals surface area contributed by atoms with E-state index in [0.29, 0.717) is 5.92 Å². The lowest BCUT2D eigenvalue weighted by molar-refractivity contribution is 0.195. The van der Waals surface area contributed by atoms with E-state index in [2.05, 4.69) is 19.6 Å². The van der Waals surface area contributed by atoms with Crippen molar-refractivity contribution in [3.63, 3.8) is 0 Å². The Bertz CT molecular complexity index is 487. The summed E-state index contributed by atoms with van der Waals surface area (Å²) in [6, 6.07) is 0.0946. The third-order valence-corrected chi connectivity index (χ3v) is 5.21. The van der Waals surface area contributed by atoms with Crippen LogP contribution in [0.5, 0.6) is 0 Å². The number of aromatic nitrogens is 2. The van der Waals surface area contributed by atoms with Crippen LogP contribution in [0, 0.1) is 12.8 Å². The minimum atomic E-state index is 0.0946. The third-order valence-electron chi connectivity index (χ3n) is 4.34. The Hall–Kier alpha value is -1.37. The Morgan fingerprint density at radius 2 is 2.14 bits per heavy atom. The van der Waals surface area contributed by atoms with E-state index in [-0.39, 0.29) is 6.03 Å². The standard InChI is InChI=1S/C14H23N5OS/c1-11-16-14(21-17-11)19-7-3-6-18(8-9-19)13(20)15-10-12-4-2-5-12/h12H,2-10H2,1H3,(H,15,20). The van der Waals surface area contributed by atoms with Gasteiger partial charge in [0.15, 0.2) is 0 Å². The third kappa shape index (κ3) is 3.64. The molecule has 6 nitrogen and oxygen atoms in total. The van der Waals surface area contributed by atoms with E-state index < -0.39 is 0 Å². The lowest BCUT2D eigenvalue weighted by atomic mass is 9.85. The smallest absolute Gasteiger partial charge is 0.317 e. The summed E-state index contributed by atoms with van der Waals surface area (Å²) in [5.74, 6) is 1.54. The molecule has 0 bridgehead atoms. The van der Waals surface area contributed by atoms with Crippen LogP contribution in [0.1, 0.15) is 31.5 Å². The lowest BCUT2D eigenvalue weighted by Gasteiger charge is -2.27. The SMILES string of the molecule is Cc1nsc(N2CCCN(C(=O)NCC3CCC3)CC2)n1. The molecule has 2 aliphatic rings. The molecule has 1 aromatic heterocycles. The molecule has 0 atom stereocenters.